The molecule has 0 saturated heterocycles. The largest absolute Gasteiger partial charge is 1.00 e. The zero-order valence-electron chi connectivity index (χ0n) is 14.5. The fourth-order valence-electron chi connectivity index (χ4n) is 1.97. The van der Waals surface area contributed by atoms with Crippen LogP contribution in [0.25, 0.3) is 0 Å². The zero-order chi connectivity index (χ0) is 15.3. The molecule has 7 heteroatoms. The summed E-state index contributed by atoms with van der Waals surface area (Å²) in [4.78, 5) is 11.0. The van der Waals surface area contributed by atoms with Gasteiger partial charge in [0.25, 0.3) is 10.1 Å². The van der Waals surface area contributed by atoms with Crippen LogP contribution >= 0.6 is 0 Å². The van der Waals surface area contributed by atoms with Gasteiger partial charge in [-0.15, -0.1) is 0 Å². The number of hydrogen-bond donors (Lipinski definition) is 1. The molecule has 0 aliphatic carbocycles. The molecule has 1 N–H and O–H groups in total. The van der Waals surface area contributed by atoms with Crippen molar-refractivity contribution in [3.05, 3.63) is 0 Å². The van der Waals surface area contributed by atoms with Gasteiger partial charge in [-0.25, -0.2) is 0 Å². The van der Waals surface area contributed by atoms with Crippen molar-refractivity contribution in [1.82, 2.24) is 0 Å². The van der Waals surface area contributed by atoms with Crippen LogP contribution < -0.4 is 51.4 Å². The monoisotopic (exact) mass is 348 g/mol. The number of ether oxygens (including phenoxy) is 1. The second-order valence-electron chi connectivity index (χ2n) is 5.13. The van der Waals surface area contributed by atoms with Crippen LogP contribution in [-0.4, -0.2) is 31.3 Å². The van der Waals surface area contributed by atoms with Crippen molar-refractivity contribution in [2.75, 3.05) is 12.4 Å². The van der Waals surface area contributed by atoms with E-state index in [0.29, 0.717) is 0 Å². The summed E-state index contributed by atoms with van der Waals surface area (Å²) >= 11 is 0. The van der Waals surface area contributed by atoms with Gasteiger partial charge in [-0.1, -0.05) is 64.7 Å². The molecule has 0 atom stereocenters. The summed E-state index contributed by atoms with van der Waals surface area (Å²) in [6, 6.07) is 0. The molecule has 0 aliphatic heterocycles. The van der Waals surface area contributed by atoms with Gasteiger partial charge in [-0.3, -0.25) is 9.35 Å². The molecule has 0 aromatic carbocycles. The van der Waals surface area contributed by atoms with Crippen LogP contribution in [0.5, 0.6) is 0 Å². The Morgan fingerprint density at radius 3 is 1.81 bits per heavy atom. The third kappa shape index (κ3) is 21.0. The molecule has 0 unspecified atom stereocenters. The molecule has 0 spiro atoms. The molecule has 21 heavy (non-hydrogen) atoms. The first-order chi connectivity index (χ1) is 9.45. The van der Waals surface area contributed by atoms with Gasteiger partial charge in [-0.05, 0) is 6.42 Å². The Bertz CT molecular complexity index is 349. The van der Waals surface area contributed by atoms with Crippen molar-refractivity contribution in [3.8, 4) is 0 Å². The molecular weight excluding hydrogens is 319 g/mol. The molecule has 0 bridgehead atoms. The van der Waals surface area contributed by atoms with Gasteiger partial charge in [0.2, 0.25) is 0 Å². The van der Waals surface area contributed by atoms with E-state index in [1.165, 1.54) is 44.9 Å². The van der Waals surface area contributed by atoms with Crippen LogP contribution in [0.15, 0.2) is 0 Å². The Labute approximate surface area is 173 Å². The fraction of sp³-hybridized carbons (Fsp3) is 0.929. The van der Waals surface area contributed by atoms with E-state index in [2.05, 4.69) is 6.92 Å². The summed E-state index contributed by atoms with van der Waals surface area (Å²) in [5.41, 5.74) is 0. The van der Waals surface area contributed by atoms with Crippen LogP contribution in [-0.2, 0) is 19.6 Å². The third-order valence-electron chi connectivity index (χ3n) is 3.06. The Balaban J connectivity index is -0.00000180. The van der Waals surface area contributed by atoms with Crippen molar-refractivity contribution in [1.29, 1.82) is 0 Å². The Morgan fingerprint density at radius 2 is 1.38 bits per heavy atom. The molecule has 0 saturated carbocycles. The second-order valence-corrected chi connectivity index (χ2v) is 6.58. The quantitative estimate of drug-likeness (QED) is 0.226. The molecule has 0 heterocycles. The molecule has 0 radical (unpaired) electrons. The average molecular weight is 349 g/mol. The van der Waals surface area contributed by atoms with Gasteiger partial charge in [-0.2, -0.15) is 8.42 Å². The van der Waals surface area contributed by atoms with Crippen molar-refractivity contribution in [2.45, 2.75) is 71.1 Å². The maximum Gasteiger partial charge on any atom is 1.00 e. The third-order valence-corrected chi connectivity index (χ3v) is 3.66. The SMILES string of the molecule is CCCCCCCCCCCCOC(=O)CS(=O)(=O)O.[H-].[K+]. The maximum atomic E-state index is 11.0. The zero-order valence-corrected chi connectivity index (χ0v) is 17.4. The van der Waals surface area contributed by atoms with E-state index in [0.717, 1.165) is 19.3 Å². The van der Waals surface area contributed by atoms with E-state index in [1.54, 1.807) is 0 Å². The molecule has 122 valence electrons. The molecular formula is C14H29KO5S. The van der Waals surface area contributed by atoms with Gasteiger partial charge in [0, 0.05) is 0 Å². The number of unbranched alkanes of at least 4 members (excludes halogenated alkanes) is 9. The number of hydrogen-bond acceptors (Lipinski definition) is 4. The molecule has 0 aliphatic rings. The van der Waals surface area contributed by atoms with E-state index in [-0.39, 0.29) is 59.4 Å². The minimum atomic E-state index is -4.26. The first kappa shape index (κ1) is 24.3. The summed E-state index contributed by atoms with van der Waals surface area (Å²) in [5.74, 6) is -1.84. The smallest absolute Gasteiger partial charge is 1.00 e. The van der Waals surface area contributed by atoms with Crippen LogP contribution in [0, 0.1) is 0 Å². The van der Waals surface area contributed by atoms with Crippen molar-refractivity contribution < 1.29 is 75.3 Å². The molecule has 0 aromatic rings. The van der Waals surface area contributed by atoms with Crippen molar-refractivity contribution >= 4 is 16.1 Å². The van der Waals surface area contributed by atoms with E-state index >= 15 is 0 Å². The predicted molar refractivity (Wildman–Crippen MR) is 80.3 cm³/mol. The van der Waals surface area contributed by atoms with Gasteiger partial charge in [0.05, 0.1) is 6.61 Å². The second kappa shape index (κ2) is 15.9. The number of carbonyl (C=O) groups is 1. The van der Waals surface area contributed by atoms with Crippen LogP contribution in [0.4, 0.5) is 0 Å². The Kier molecular flexibility index (Phi) is 18.4. The molecule has 0 rings (SSSR count). The molecule has 0 aromatic heterocycles. The van der Waals surface area contributed by atoms with E-state index < -0.39 is 21.8 Å². The molecule has 5 nitrogen and oxygen atoms in total. The number of rotatable bonds is 13. The average Bonchev–Trinajstić information content (AvgIpc) is 2.34. The molecule has 0 fully saturated rings. The summed E-state index contributed by atoms with van der Waals surface area (Å²) in [7, 11) is -4.26. The maximum absolute atomic E-state index is 11.0. The van der Waals surface area contributed by atoms with Crippen LogP contribution in [0.1, 0.15) is 72.6 Å². The molecule has 0 amide bonds. The number of esters is 1. The van der Waals surface area contributed by atoms with E-state index in [4.69, 9.17) is 9.29 Å². The predicted octanol–water partition coefficient (Wildman–Crippen LogP) is 0.455. The Morgan fingerprint density at radius 1 is 0.952 bits per heavy atom. The van der Waals surface area contributed by atoms with Crippen LogP contribution in [0.3, 0.4) is 0 Å². The summed E-state index contributed by atoms with van der Waals surface area (Å²) in [6.07, 6.45) is 11.8. The van der Waals surface area contributed by atoms with E-state index in [9.17, 15) is 13.2 Å². The summed E-state index contributed by atoms with van der Waals surface area (Å²) in [5, 5.41) is 0. The van der Waals surface area contributed by atoms with Gasteiger partial charge >= 0.3 is 57.4 Å². The fourth-order valence-corrected chi connectivity index (χ4v) is 2.35. The topological polar surface area (TPSA) is 80.7 Å². The minimum absolute atomic E-state index is 0. The summed E-state index contributed by atoms with van der Waals surface area (Å²) in [6.45, 7) is 2.44. The minimum Gasteiger partial charge on any atom is -1.00 e. The standard InChI is InChI=1S/C14H28O5S.K.H/c1-2-3-4-5-6-7-8-9-10-11-12-19-14(15)13-20(16,17)18;;/h2-13H2,1H3,(H,16,17,18);;/q;+1;-1. The number of carbonyl (C=O) groups excluding carboxylic acids is 1. The van der Waals surface area contributed by atoms with Crippen LogP contribution in [0.2, 0.25) is 0 Å². The van der Waals surface area contributed by atoms with Gasteiger partial charge in [0.15, 0.2) is 5.75 Å². The van der Waals surface area contributed by atoms with Gasteiger partial charge in [0.1, 0.15) is 0 Å². The van der Waals surface area contributed by atoms with Crippen molar-refractivity contribution in [3.63, 3.8) is 0 Å². The summed E-state index contributed by atoms with van der Waals surface area (Å²) < 4.78 is 33.9. The first-order valence-electron chi connectivity index (χ1n) is 7.56. The van der Waals surface area contributed by atoms with E-state index in [1.807, 2.05) is 0 Å². The van der Waals surface area contributed by atoms with Gasteiger partial charge < -0.3 is 6.16 Å². The Hall–Kier alpha value is 1.02. The normalized spacial score (nSPS) is 11.0. The van der Waals surface area contributed by atoms with Crippen molar-refractivity contribution in [2.24, 2.45) is 0 Å². The first-order valence-corrected chi connectivity index (χ1v) is 9.17.